The van der Waals surface area contributed by atoms with Crippen LogP contribution in [-0.4, -0.2) is 41.9 Å². The number of nitrogens with zero attached hydrogens (tertiary/aromatic N) is 2. The molecule has 3 nitrogen and oxygen atoms in total. The van der Waals surface area contributed by atoms with Crippen LogP contribution in [0.3, 0.4) is 0 Å². The van der Waals surface area contributed by atoms with Gasteiger partial charge in [0.2, 0.25) is 5.91 Å². The van der Waals surface area contributed by atoms with Crippen LogP contribution in [0.4, 0.5) is 0 Å². The molecule has 0 atom stereocenters. The molecule has 1 amide bonds. The first-order valence-corrected chi connectivity index (χ1v) is 14.6. The number of halogens is 1. The molecule has 5 heteroatoms. The molecule has 3 aromatic carbocycles. The summed E-state index contributed by atoms with van der Waals surface area (Å²) < 4.78 is 1.23. The lowest BCUT2D eigenvalue weighted by Gasteiger charge is -2.38. The third-order valence-corrected chi connectivity index (χ3v) is 9.78. The van der Waals surface area contributed by atoms with Gasteiger partial charge in [-0.1, -0.05) is 72.3 Å². The van der Waals surface area contributed by atoms with Gasteiger partial charge in [0, 0.05) is 28.7 Å². The molecule has 0 radical (unpaired) electrons. The minimum Gasteiger partial charge on any atom is -0.338 e. The molecule has 6 rings (SSSR count). The van der Waals surface area contributed by atoms with E-state index in [1.54, 1.807) is 11.3 Å². The molecule has 37 heavy (non-hydrogen) atoms. The first kappa shape index (κ1) is 24.7. The van der Waals surface area contributed by atoms with Gasteiger partial charge >= 0.3 is 0 Å². The monoisotopic (exact) mass is 528 g/mol. The van der Waals surface area contributed by atoms with Crippen molar-refractivity contribution in [3.63, 3.8) is 0 Å². The maximum absolute atomic E-state index is 13.6. The summed E-state index contributed by atoms with van der Waals surface area (Å²) in [4.78, 5) is 18.3. The molecule has 0 aliphatic carbocycles. The van der Waals surface area contributed by atoms with E-state index in [4.69, 9.17) is 11.6 Å². The normalized spacial score (nSPS) is 17.9. The summed E-state index contributed by atoms with van der Waals surface area (Å²) in [5.41, 5.74) is 3.81. The Morgan fingerprint density at radius 1 is 0.865 bits per heavy atom. The maximum atomic E-state index is 13.6. The zero-order valence-corrected chi connectivity index (χ0v) is 22.7. The second-order valence-corrected chi connectivity index (χ2v) is 12.0. The predicted octanol–water partition coefficient (Wildman–Crippen LogP) is 7.59. The third kappa shape index (κ3) is 5.07. The number of hydrogen-bond donors (Lipinski definition) is 0. The topological polar surface area (TPSA) is 23.6 Å². The number of fused-ring (bicyclic) bond motifs is 1. The average Bonchev–Trinajstić information content (AvgIpc) is 3.47. The molecule has 0 N–H and O–H groups in total. The van der Waals surface area contributed by atoms with Gasteiger partial charge in [0.15, 0.2) is 0 Å². The van der Waals surface area contributed by atoms with Crippen molar-refractivity contribution in [2.75, 3.05) is 26.2 Å². The summed E-state index contributed by atoms with van der Waals surface area (Å²) >= 11 is 7.99. The molecular formula is C32H33ClN2OS. The molecule has 0 bridgehead atoms. The van der Waals surface area contributed by atoms with Gasteiger partial charge < -0.3 is 9.80 Å². The molecule has 2 aliphatic rings. The van der Waals surface area contributed by atoms with Gasteiger partial charge in [0.25, 0.3) is 0 Å². The van der Waals surface area contributed by atoms with Crippen LogP contribution < -0.4 is 0 Å². The van der Waals surface area contributed by atoms with Crippen LogP contribution >= 0.6 is 22.9 Å². The Bertz CT molecular complexity index is 1320. The molecule has 0 unspecified atom stereocenters. The van der Waals surface area contributed by atoms with E-state index in [-0.39, 0.29) is 5.41 Å². The summed E-state index contributed by atoms with van der Waals surface area (Å²) in [6, 6.07) is 27.8. The third-order valence-electron chi connectivity index (χ3n) is 8.53. The minimum atomic E-state index is -0.168. The molecule has 2 saturated heterocycles. The number of carbonyl (C=O) groups is 1. The van der Waals surface area contributed by atoms with Gasteiger partial charge in [-0.3, -0.25) is 4.79 Å². The van der Waals surface area contributed by atoms with E-state index in [2.05, 4.69) is 81.9 Å². The second kappa shape index (κ2) is 10.6. The fraction of sp³-hybridized carbons (Fsp3) is 0.344. The van der Waals surface area contributed by atoms with Crippen LogP contribution in [0.15, 0.2) is 84.2 Å². The number of thiophene rings is 1. The molecule has 2 aliphatic heterocycles. The molecule has 2 fully saturated rings. The Kier molecular flexibility index (Phi) is 7.07. The van der Waals surface area contributed by atoms with Crippen LogP contribution in [0.1, 0.15) is 48.3 Å². The zero-order valence-electron chi connectivity index (χ0n) is 21.1. The first-order chi connectivity index (χ1) is 18.1. The highest BCUT2D eigenvalue weighted by Crippen LogP contribution is 2.43. The highest BCUT2D eigenvalue weighted by atomic mass is 35.5. The summed E-state index contributed by atoms with van der Waals surface area (Å²) in [5, 5.41) is 4.13. The van der Waals surface area contributed by atoms with Gasteiger partial charge in [0.05, 0.1) is 5.41 Å². The maximum Gasteiger partial charge on any atom is 0.229 e. The lowest BCUT2D eigenvalue weighted by atomic mass is 9.77. The lowest BCUT2D eigenvalue weighted by molar-refractivity contribution is -0.138. The van der Waals surface area contributed by atoms with Crippen LogP contribution in [0.5, 0.6) is 0 Å². The van der Waals surface area contributed by atoms with Crippen molar-refractivity contribution in [2.24, 2.45) is 5.41 Å². The van der Waals surface area contributed by atoms with Gasteiger partial charge in [-0.15, -0.1) is 11.3 Å². The van der Waals surface area contributed by atoms with E-state index >= 15 is 0 Å². The van der Waals surface area contributed by atoms with Crippen LogP contribution in [0.25, 0.3) is 10.1 Å². The van der Waals surface area contributed by atoms with Crippen molar-refractivity contribution >= 4 is 38.9 Å². The molecule has 1 spiro atoms. The molecule has 190 valence electrons. The number of benzene rings is 3. The zero-order chi connectivity index (χ0) is 25.2. The van der Waals surface area contributed by atoms with E-state index in [0.717, 1.165) is 56.9 Å². The van der Waals surface area contributed by atoms with E-state index in [1.165, 1.54) is 26.8 Å². The first-order valence-electron chi connectivity index (χ1n) is 13.4. The fourth-order valence-corrected chi connectivity index (χ4v) is 7.41. The smallest absolute Gasteiger partial charge is 0.229 e. The molecule has 4 aromatic rings. The van der Waals surface area contributed by atoms with Gasteiger partial charge in [-0.2, -0.15) is 0 Å². The number of piperidine rings is 1. The van der Waals surface area contributed by atoms with E-state index in [9.17, 15) is 4.79 Å². The SMILES string of the molecule is O=C1N(Cc2csc3ccc(Cl)cc23)CCC12CCN(CCC(c1ccccc1)c1ccccc1)CC2. The summed E-state index contributed by atoms with van der Waals surface area (Å²) in [5.74, 6) is 0.760. The van der Waals surface area contributed by atoms with Gasteiger partial charge in [-0.05, 0) is 91.0 Å². The van der Waals surface area contributed by atoms with Crippen molar-refractivity contribution in [2.45, 2.75) is 38.1 Å². The Hall–Kier alpha value is -2.66. The average molecular weight is 529 g/mol. The highest BCUT2D eigenvalue weighted by molar-refractivity contribution is 7.17. The summed E-state index contributed by atoms with van der Waals surface area (Å²) in [6.07, 6.45) is 4.02. The Morgan fingerprint density at radius 2 is 1.51 bits per heavy atom. The van der Waals surface area contributed by atoms with Crippen LogP contribution in [-0.2, 0) is 11.3 Å². The number of rotatable bonds is 7. The van der Waals surface area contributed by atoms with Crippen molar-refractivity contribution in [1.29, 1.82) is 0 Å². The molecule has 0 saturated carbocycles. The van der Waals surface area contributed by atoms with Gasteiger partial charge in [-0.25, -0.2) is 0 Å². The number of likely N-dealkylation sites (tertiary alicyclic amines) is 2. The Labute approximate surface area is 228 Å². The standard InChI is InChI=1S/C32H33ClN2OS/c33-27-11-12-30-29(21-27)26(23-37-30)22-35-20-16-32(31(35)36)14-18-34(19-15-32)17-13-28(24-7-3-1-4-8-24)25-9-5-2-6-10-25/h1-12,21,23,28H,13-20,22H2. The molecule has 3 heterocycles. The summed E-state index contributed by atoms with van der Waals surface area (Å²) in [7, 11) is 0. The van der Waals surface area contributed by atoms with Crippen molar-refractivity contribution in [1.82, 2.24) is 9.80 Å². The quantitative estimate of drug-likeness (QED) is 0.246. The Morgan fingerprint density at radius 3 is 2.19 bits per heavy atom. The van der Waals surface area contributed by atoms with Crippen LogP contribution in [0, 0.1) is 5.41 Å². The predicted molar refractivity (Wildman–Crippen MR) is 154 cm³/mol. The van der Waals surface area contributed by atoms with E-state index < -0.39 is 0 Å². The van der Waals surface area contributed by atoms with E-state index in [1.807, 2.05) is 12.1 Å². The van der Waals surface area contributed by atoms with Crippen molar-refractivity contribution in [3.8, 4) is 0 Å². The van der Waals surface area contributed by atoms with E-state index in [0.29, 0.717) is 18.4 Å². The number of amides is 1. The Balaban J connectivity index is 1.08. The van der Waals surface area contributed by atoms with Gasteiger partial charge in [0.1, 0.15) is 0 Å². The molecular weight excluding hydrogens is 496 g/mol. The molecule has 1 aromatic heterocycles. The van der Waals surface area contributed by atoms with Crippen molar-refractivity contribution < 1.29 is 4.79 Å². The highest BCUT2D eigenvalue weighted by Gasteiger charge is 2.48. The van der Waals surface area contributed by atoms with Crippen LogP contribution in [0.2, 0.25) is 5.02 Å². The number of hydrogen-bond acceptors (Lipinski definition) is 3. The largest absolute Gasteiger partial charge is 0.338 e. The summed E-state index contributed by atoms with van der Waals surface area (Å²) in [6.45, 7) is 4.63. The van der Waals surface area contributed by atoms with Crippen molar-refractivity contribution in [3.05, 3.63) is 106 Å². The second-order valence-electron chi connectivity index (χ2n) is 10.7. The minimum absolute atomic E-state index is 0.168. The lowest BCUT2D eigenvalue weighted by Crippen LogP contribution is -2.45. The fourth-order valence-electron chi connectivity index (χ4n) is 6.30. The number of carbonyl (C=O) groups excluding carboxylic acids is 1.